The van der Waals surface area contributed by atoms with Gasteiger partial charge in [0, 0.05) is 37.9 Å². The third-order valence-corrected chi connectivity index (χ3v) is 9.07. The van der Waals surface area contributed by atoms with Gasteiger partial charge in [0.15, 0.2) is 23.1 Å². The van der Waals surface area contributed by atoms with Gasteiger partial charge in [0.2, 0.25) is 11.2 Å². The summed E-state index contributed by atoms with van der Waals surface area (Å²) in [7, 11) is 3.95. The van der Waals surface area contributed by atoms with E-state index in [2.05, 4.69) is 66.1 Å². The number of nitrogen functional groups attached to an aromatic ring is 1. The summed E-state index contributed by atoms with van der Waals surface area (Å²) >= 11 is 5.69. The highest BCUT2D eigenvalue weighted by atomic mass is 35.5. The molecule has 4 aromatic heterocycles. The molecule has 0 spiro atoms. The Labute approximate surface area is 323 Å². The molecular formula is C38H39ClN14O2. The molecule has 2 aromatic carbocycles. The summed E-state index contributed by atoms with van der Waals surface area (Å²) < 4.78 is 14.8. The number of halogens is 1. The van der Waals surface area contributed by atoms with Gasteiger partial charge in [0.05, 0.1) is 71.0 Å². The van der Waals surface area contributed by atoms with Gasteiger partial charge in [-0.1, -0.05) is 0 Å². The van der Waals surface area contributed by atoms with Crippen LogP contribution in [0.3, 0.4) is 0 Å². The van der Waals surface area contributed by atoms with E-state index in [1.807, 2.05) is 72.6 Å². The van der Waals surface area contributed by atoms with Crippen LogP contribution in [0.15, 0.2) is 73.8 Å². The summed E-state index contributed by atoms with van der Waals surface area (Å²) in [6, 6.07) is 15.7. The zero-order chi connectivity index (χ0) is 39.2. The van der Waals surface area contributed by atoms with E-state index < -0.39 is 0 Å². The normalized spacial score (nSPS) is 15.3. The first-order valence-electron chi connectivity index (χ1n) is 17.2. The Kier molecular flexibility index (Phi) is 11.3. The van der Waals surface area contributed by atoms with Crippen molar-refractivity contribution in [2.24, 2.45) is 0 Å². The predicted octanol–water partition coefficient (Wildman–Crippen LogP) is 5.78. The van der Waals surface area contributed by atoms with Gasteiger partial charge in [0.1, 0.15) is 25.4 Å². The van der Waals surface area contributed by atoms with Crippen molar-refractivity contribution in [2.75, 3.05) is 48.2 Å². The SMILES string of the molecule is CC1COc2cnc(Cl)nc2N1C.Cc1cn(-c2ccc(N)cc2C#N)cn1.Cc1cn(-c2ccc(Nc3ncc4c(n3)N(C)C(C)CO4)cc2C#N)cn1. The molecule has 16 nitrogen and oxygen atoms in total. The number of likely N-dealkylation sites (N-methyl/N-ethyl adjacent to an activating group) is 2. The molecule has 0 aliphatic carbocycles. The van der Waals surface area contributed by atoms with E-state index in [-0.39, 0.29) is 11.3 Å². The quantitative estimate of drug-likeness (QED) is 0.162. The number of rotatable bonds is 4. The second-order valence-corrected chi connectivity index (χ2v) is 13.3. The minimum absolute atomic E-state index is 0.239. The van der Waals surface area contributed by atoms with Crippen molar-refractivity contribution in [3.05, 3.63) is 102 Å². The molecule has 6 aromatic rings. The number of aromatic nitrogens is 8. The van der Waals surface area contributed by atoms with Gasteiger partial charge >= 0.3 is 0 Å². The summed E-state index contributed by atoms with van der Waals surface area (Å²) in [6.07, 6.45) is 10.4. The van der Waals surface area contributed by atoms with Crippen molar-refractivity contribution in [3.63, 3.8) is 0 Å². The summed E-state index contributed by atoms with van der Waals surface area (Å²) in [5, 5.41) is 21.9. The van der Waals surface area contributed by atoms with Crippen LogP contribution in [-0.2, 0) is 0 Å². The van der Waals surface area contributed by atoms with Crippen molar-refractivity contribution in [2.45, 2.75) is 39.8 Å². The molecule has 0 bridgehead atoms. The topological polar surface area (TPSA) is 198 Å². The standard InChI is InChI=1S/C19H19N7O.C11H10N4.C8H10ClN3O/c1-12-9-26(11-22-12)16-5-4-15(6-14(16)7-20)23-19-21-8-17-18(24-19)25(3)13(2)10-27-17;1-8-6-15(7-14-8)11-3-2-10(13)4-9(11)5-12;1-5-4-13-6-3-10-8(9)11-7(6)12(5)2/h4-6,8-9,11,13H,10H2,1-3H3,(H,21,23,24);2-4,6-7H,13H2,1H3;3,5H,4H2,1-2H3. The molecule has 0 amide bonds. The fraction of sp³-hybridized carbons (Fsp3) is 0.263. The van der Waals surface area contributed by atoms with E-state index in [9.17, 15) is 5.26 Å². The van der Waals surface area contributed by atoms with Crippen molar-refractivity contribution in [1.82, 2.24) is 39.0 Å². The Morgan fingerprint density at radius 3 is 1.84 bits per heavy atom. The van der Waals surface area contributed by atoms with Gasteiger partial charge in [-0.3, -0.25) is 0 Å². The largest absolute Gasteiger partial charge is 0.486 e. The Hall–Kier alpha value is -6.91. The number of nitrogens with one attached hydrogen (secondary N) is 1. The number of nitrogens with zero attached hydrogens (tertiary/aromatic N) is 12. The summed E-state index contributed by atoms with van der Waals surface area (Å²) in [4.78, 5) is 29.3. The number of fused-ring (bicyclic) bond motifs is 2. The van der Waals surface area contributed by atoms with Crippen LogP contribution in [0.25, 0.3) is 11.4 Å². The Morgan fingerprint density at radius 2 is 1.29 bits per heavy atom. The van der Waals surface area contributed by atoms with Crippen LogP contribution in [0.2, 0.25) is 5.28 Å². The molecule has 0 fully saturated rings. The zero-order valence-corrected chi connectivity index (χ0v) is 31.9. The lowest BCUT2D eigenvalue weighted by Crippen LogP contribution is -2.38. The lowest BCUT2D eigenvalue weighted by Gasteiger charge is -2.32. The summed E-state index contributed by atoms with van der Waals surface area (Å²) in [6.45, 7) is 9.23. The van der Waals surface area contributed by atoms with Gasteiger partial charge in [-0.25, -0.2) is 19.9 Å². The number of ether oxygens (including phenoxy) is 2. The van der Waals surface area contributed by atoms with E-state index >= 15 is 0 Å². The maximum absolute atomic E-state index is 9.53. The van der Waals surface area contributed by atoms with Crippen LogP contribution in [0.4, 0.5) is 29.0 Å². The van der Waals surface area contributed by atoms with E-state index in [0.29, 0.717) is 53.5 Å². The lowest BCUT2D eigenvalue weighted by atomic mass is 10.1. The molecule has 8 rings (SSSR count). The van der Waals surface area contributed by atoms with Crippen molar-refractivity contribution in [1.29, 1.82) is 10.5 Å². The summed E-state index contributed by atoms with van der Waals surface area (Å²) in [5.41, 5.74) is 11.4. The Balaban J connectivity index is 0.000000155. The van der Waals surface area contributed by atoms with Gasteiger partial charge < -0.3 is 39.5 Å². The smallest absolute Gasteiger partial charge is 0.229 e. The lowest BCUT2D eigenvalue weighted by molar-refractivity contribution is 0.271. The average Bonchev–Trinajstić information content (AvgIpc) is 3.83. The van der Waals surface area contributed by atoms with Crippen molar-refractivity contribution in [3.8, 4) is 35.0 Å². The zero-order valence-electron chi connectivity index (χ0n) is 31.1. The second kappa shape index (κ2) is 16.4. The van der Waals surface area contributed by atoms with Crippen LogP contribution in [0.1, 0.15) is 36.4 Å². The number of imidazole rings is 2. The molecule has 55 heavy (non-hydrogen) atoms. The van der Waals surface area contributed by atoms with Crippen molar-refractivity contribution < 1.29 is 9.47 Å². The monoisotopic (exact) mass is 758 g/mol. The summed E-state index contributed by atoms with van der Waals surface area (Å²) in [5.74, 6) is 3.33. The number of nitrogens with two attached hydrogens (primary N) is 1. The molecular weight excluding hydrogens is 720 g/mol. The van der Waals surface area contributed by atoms with Gasteiger partial charge in [-0.15, -0.1) is 0 Å². The number of aryl methyl sites for hydroxylation is 2. The van der Waals surface area contributed by atoms with Gasteiger partial charge in [-0.05, 0) is 75.7 Å². The van der Waals surface area contributed by atoms with E-state index in [4.69, 9.17) is 32.1 Å². The molecule has 280 valence electrons. The van der Waals surface area contributed by atoms with Crippen molar-refractivity contribution >= 4 is 40.6 Å². The van der Waals surface area contributed by atoms with Crippen LogP contribution in [0.5, 0.6) is 11.5 Å². The minimum atomic E-state index is 0.239. The number of hydrogen-bond acceptors (Lipinski definition) is 14. The second-order valence-electron chi connectivity index (χ2n) is 13.0. The first-order valence-corrected chi connectivity index (χ1v) is 17.6. The Bertz CT molecular complexity index is 2400. The fourth-order valence-corrected chi connectivity index (χ4v) is 5.69. The highest BCUT2D eigenvalue weighted by Crippen LogP contribution is 2.32. The molecule has 0 radical (unpaired) electrons. The number of nitriles is 2. The van der Waals surface area contributed by atoms with Crippen LogP contribution in [0, 0.1) is 36.5 Å². The molecule has 6 heterocycles. The van der Waals surface area contributed by atoms with E-state index in [0.717, 1.165) is 40.1 Å². The number of hydrogen-bond donors (Lipinski definition) is 2. The van der Waals surface area contributed by atoms with Crippen LogP contribution in [-0.4, -0.2) is 78.4 Å². The molecule has 17 heteroatoms. The van der Waals surface area contributed by atoms with Gasteiger partial charge in [-0.2, -0.15) is 20.5 Å². The molecule has 2 aliphatic rings. The molecule has 0 saturated carbocycles. The predicted molar refractivity (Wildman–Crippen MR) is 210 cm³/mol. The maximum Gasteiger partial charge on any atom is 0.229 e. The third-order valence-electron chi connectivity index (χ3n) is 8.89. The van der Waals surface area contributed by atoms with Crippen LogP contribution >= 0.6 is 11.6 Å². The first-order chi connectivity index (χ1) is 26.4. The maximum atomic E-state index is 9.53. The minimum Gasteiger partial charge on any atom is -0.486 e. The van der Waals surface area contributed by atoms with Crippen LogP contribution < -0.4 is 30.3 Å². The highest BCUT2D eigenvalue weighted by molar-refractivity contribution is 6.28. The molecule has 0 saturated heterocycles. The average molecular weight is 759 g/mol. The third kappa shape index (κ3) is 8.67. The van der Waals surface area contributed by atoms with Gasteiger partial charge in [0.25, 0.3) is 0 Å². The molecule has 2 unspecified atom stereocenters. The van der Waals surface area contributed by atoms with E-state index in [1.165, 1.54) is 0 Å². The highest BCUT2D eigenvalue weighted by Gasteiger charge is 2.24. The molecule has 2 aliphatic heterocycles. The van der Waals surface area contributed by atoms with E-state index in [1.54, 1.807) is 43.2 Å². The first kappa shape index (κ1) is 37.8. The fourth-order valence-electron chi connectivity index (χ4n) is 5.57. The number of anilines is 5. The molecule has 3 N–H and O–H groups in total. The number of benzene rings is 2. The molecule has 2 atom stereocenters. The Morgan fingerprint density at radius 1 is 0.764 bits per heavy atom.